The summed E-state index contributed by atoms with van der Waals surface area (Å²) in [5.74, 6) is 1.75. The zero-order valence-electron chi connectivity index (χ0n) is 6.13. The van der Waals surface area contributed by atoms with Crippen molar-refractivity contribution in [3.63, 3.8) is 0 Å². The minimum atomic E-state index is 0. The molecule has 1 aliphatic rings. The summed E-state index contributed by atoms with van der Waals surface area (Å²) in [6.07, 6.45) is 1.33. The molecule has 1 rings (SSSR count). The molecular weight excluding hydrogens is 282 g/mol. The first kappa shape index (κ1) is 9.65. The minimum Gasteiger partial charge on any atom is -0.662 e. The smallest absolute Gasteiger partial charge is 0 e. The Morgan fingerprint density at radius 3 is 2.33 bits per heavy atom. The molecule has 0 amide bonds. The fourth-order valence-electron chi connectivity index (χ4n) is 1.15. The molecule has 0 saturated carbocycles. The first-order chi connectivity index (χ1) is 3.80. The molecule has 1 unspecified atom stereocenters. The molecule has 0 radical (unpaired) electrons. The molecule has 2 heteroatoms. The molecule has 1 nitrogen and oxygen atoms in total. The van der Waals surface area contributed by atoms with Gasteiger partial charge in [-0.2, -0.15) is 0 Å². The van der Waals surface area contributed by atoms with Gasteiger partial charge in [-0.25, -0.2) is 0 Å². The Hall–Kier alpha value is 0.648. The molecule has 1 heterocycles. The zero-order chi connectivity index (χ0) is 5.98. The van der Waals surface area contributed by atoms with Crippen molar-refractivity contribution >= 4 is 0 Å². The fourth-order valence-corrected chi connectivity index (χ4v) is 1.15. The van der Waals surface area contributed by atoms with E-state index in [0.29, 0.717) is 0 Å². The molecule has 1 fully saturated rings. The molecule has 1 aliphatic heterocycles. The second-order valence-corrected chi connectivity index (χ2v) is 2.92. The summed E-state index contributed by atoms with van der Waals surface area (Å²) in [6.45, 7) is 6.80. The van der Waals surface area contributed by atoms with Gasteiger partial charge in [0.1, 0.15) is 0 Å². The maximum atomic E-state index is 4.29. The van der Waals surface area contributed by atoms with Gasteiger partial charge >= 0.3 is 0 Å². The van der Waals surface area contributed by atoms with E-state index in [-0.39, 0.29) is 21.1 Å². The van der Waals surface area contributed by atoms with Crippen molar-refractivity contribution in [1.29, 1.82) is 0 Å². The van der Waals surface area contributed by atoms with E-state index in [1.807, 2.05) is 0 Å². The van der Waals surface area contributed by atoms with Gasteiger partial charge in [-0.3, -0.25) is 0 Å². The maximum absolute atomic E-state index is 4.29. The Kier molecular flexibility index (Phi) is 4.78. The van der Waals surface area contributed by atoms with Crippen LogP contribution in [0.4, 0.5) is 0 Å². The standard InChI is InChI=1S/C7H14N.W/c1-6(2)7-3-4-8-5-7;/h6-7H,3-5H2,1-2H3;/q-1;. The first-order valence-corrected chi connectivity index (χ1v) is 3.44. The molecule has 9 heavy (non-hydrogen) atoms. The van der Waals surface area contributed by atoms with Crippen LogP contribution in [-0.2, 0) is 21.1 Å². The predicted octanol–water partition coefficient (Wildman–Crippen LogP) is 2.03. The van der Waals surface area contributed by atoms with Crippen LogP contribution in [0, 0.1) is 11.8 Å². The second-order valence-electron chi connectivity index (χ2n) is 2.92. The number of rotatable bonds is 1. The summed E-state index contributed by atoms with van der Waals surface area (Å²) in [5, 5.41) is 4.29. The Bertz CT molecular complexity index is 67.3. The maximum Gasteiger partial charge on any atom is 0 e. The van der Waals surface area contributed by atoms with E-state index in [2.05, 4.69) is 19.2 Å². The van der Waals surface area contributed by atoms with Gasteiger partial charge in [0.2, 0.25) is 0 Å². The number of hydrogen-bond donors (Lipinski definition) is 0. The topological polar surface area (TPSA) is 14.1 Å². The molecule has 0 aromatic heterocycles. The van der Waals surface area contributed by atoms with E-state index >= 15 is 0 Å². The van der Waals surface area contributed by atoms with Crippen molar-refractivity contribution in [3.05, 3.63) is 5.32 Å². The molecule has 0 aliphatic carbocycles. The van der Waals surface area contributed by atoms with Crippen LogP contribution in [0.15, 0.2) is 0 Å². The normalized spacial score (nSPS) is 26.3. The SMILES string of the molecule is CC(C)C1CC[N-]C1.[W]. The van der Waals surface area contributed by atoms with Crippen LogP contribution in [0.3, 0.4) is 0 Å². The molecule has 0 aromatic rings. The van der Waals surface area contributed by atoms with Crippen molar-refractivity contribution in [1.82, 2.24) is 0 Å². The number of hydrogen-bond acceptors (Lipinski definition) is 0. The fraction of sp³-hybridized carbons (Fsp3) is 1.00. The van der Waals surface area contributed by atoms with Crippen molar-refractivity contribution in [2.24, 2.45) is 11.8 Å². The van der Waals surface area contributed by atoms with Crippen LogP contribution < -0.4 is 0 Å². The van der Waals surface area contributed by atoms with Crippen molar-refractivity contribution < 1.29 is 21.1 Å². The van der Waals surface area contributed by atoms with Crippen molar-refractivity contribution in [2.75, 3.05) is 13.1 Å². The molecule has 0 bridgehead atoms. The quantitative estimate of drug-likeness (QED) is 0.703. The van der Waals surface area contributed by atoms with Gasteiger partial charge in [0.05, 0.1) is 0 Å². The minimum absolute atomic E-state index is 0. The monoisotopic (exact) mass is 296 g/mol. The third-order valence-corrected chi connectivity index (χ3v) is 1.96. The average molecular weight is 296 g/mol. The van der Waals surface area contributed by atoms with Gasteiger partial charge in [-0.05, 0) is 5.92 Å². The van der Waals surface area contributed by atoms with Crippen LogP contribution in [0.25, 0.3) is 5.32 Å². The summed E-state index contributed by atoms with van der Waals surface area (Å²) in [6, 6.07) is 0. The Morgan fingerprint density at radius 2 is 2.11 bits per heavy atom. The van der Waals surface area contributed by atoms with E-state index in [9.17, 15) is 0 Å². The Balaban J connectivity index is 0.000000640. The largest absolute Gasteiger partial charge is 0.662 e. The van der Waals surface area contributed by atoms with Gasteiger partial charge in [0.25, 0.3) is 0 Å². The van der Waals surface area contributed by atoms with Gasteiger partial charge in [-0.1, -0.05) is 26.2 Å². The van der Waals surface area contributed by atoms with E-state index in [0.717, 1.165) is 24.9 Å². The molecular formula is C7H14NW-. The van der Waals surface area contributed by atoms with Crippen LogP contribution in [-0.4, -0.2) is 13.1 Å². The van der Waals surface area contributed by atoms with Crippen molar-refractivity contribution in [3.8, 4) is 0 Å². The zero-order valence-corrected chi connectivity index (χ0v) is 9.06. The summed E-state index contributed by atoms with van der Waals surface area (Å²) in [5.41, 5.74) is 0. The molecule has 1 atom stereocenters. The third kappa shape index (κ3) is 2.82. The Morgan fingerprint density at radius 1 is 1.44 bits per heavy atom. The molecule has 54 valence electrons. The third-order valence-electron chi connectivity index (χ3n) is 1.96. The predicted molar refractivity (Wildman–Crippen MR) is 36.0 cm³/mol. The van der Waals surface area contributed by atoms with Gasteiger partial charge in [-0.15, -0.1) is 13.1 Å². The summed E-state index contributed by atoms with van der Waals surface area (Å²) < 4.78 is 0. The molecule has 1 saturated heterocycles. The van der Waals surface area contributed by atoms with Crippen LogP contribution in [0.5, 0.6) is 0 Å². The average Bonchev–Trinajstić information content (AvgIpc) is 2.12. The summed E-state index contributed by atoms with van der Waals surface area (Å²) in [7, 11) is 0. The van der Waals surface area contributed by atoms with E-state index in [1.54, 1.807) is 0 Å². The van der Waals surface area contributed by atoms with E-state index < -0.39 is 0 Å². The summed E-state index contributed by atoms with van der Waals surface area (Å²) in [4.78, 5) is 0. The van der Waals surface area contributed by atoms with Crippen LogP contribution in [0.2, 0.25) is 0 Å². The van der Waals surface area contributed by atoms with Crippen molar-refractivity contribution in [2.45, 2.75) is 20.3 Å². The number of nitrogens with zero attached hydrogens (tertiary/aromatic N) is 1. The molecule has 0 aromatic carbocycles. The van der Waals surface area contributed by atoms with Gasteiger partial charge in [0, 0.05) is 21.1 Å². The molecule has 0 N–H and O–H groups in total. The van der Waals surface area contributed by atoms with Gasteiger partial charge < -0.3 is 5.32 Å². The van der Waals surface area contributed by atoms with Crippen LogP contribution >= 0.6 is 0 Å². The summed E-state index contributed by atoms with van der Waals surface area (Å²) >= 11 is 0. The van der Waals surface area contributed by atoms with Crippen LogP contribution in [0.1, 0.15) is 20.3 Å². The van der Waals surface area contributed by atoms with E-state index in [4.69, 9.17) is 0 Å². The first-order valence-electron chi connectivity index (χ1n) is 3.44. The second kappa shape index (κ2) is 4.46. The molecule has 0 spiro atoms. The Labute approximate surface area is 71.9 Å². The van der Waals surface area contributed by atoms with Gasteiger partial charge in [0.15, 0.2) is 0 Å². The van der Waals surface area contributed by atoms with E-state index in [1.165, 1.54) is 6.42 Å².